The number of hydrogen-bond acceptors (Lipinski definition) is 2. The van der Waals surface area contributed by atoms with Crippen LogP contribution in [0.4, 0.5) is 0 Å². The first kappa shape index (κ1) is 12.9. The molecule has 1 rings (SSSR count). The number of allylic oxidation sites excluding steroid dienone is 2. The van der Waals surface area contributed by atoms with E-state index in [1.54, 1.807) is 0 Å². The van der Waals surface area contributed by atoms with Gasteiger partial charge in [-0.1, -0.05) is 31.9 Å². The van der Waals surface area contributed by atoms with Crippen molar-refractivity contribution in [3.05, 3.63) is 24.0 Å². The molecule has 1 unspecified atom stereocenters. The summed E-state index contributed by atoms with van der Waals surface area (Å²) in [6, 6.07) is 0. The maximum Gasteiger partial charge on any atom is 0.189 e. The molecule has 7 heteroatoms. The number of aliphatic hydroxyl groups is 2. The zero-order valence-corrected chi connectivity index (χ0v) is 13.7. The zero-order valence-electron chi connectivity index (χ0n) is 5.78. The Morgan fingerprint density at radius 1 is 0.923 bits per heavy atom. The molecule has 73 valence electrons. The Balaban J connectivity index is 3.32. The number of halogens is 5. The third-order valence-corrected chi connectivity index (χ3v) is 7.62. The van der Waals surface area contributed by atoms with E-state index in [0.717, 1.165) is 0 Å². The summed E-state index contributed by atoms with van der Waals surface area (Å²) >= 11 is 15.7. The Labute approximate surface area is 117 Å². The minimum Gasteiger partial charge on any atom is -0.377 e. The monoisotopic (exact) mass is 501 g/mol. The molecule has 0 saturated carbocycles. The summed E-state index contributed by atoms with van der Waals surface area (Å²) in [6.07, 6.45) is -0.213. The van der Waals surface area contributed by atoms with Crippen LogP contribution < -0.4 is 0 Å². The van der Waals surface area contributed by atoms with Gasteiger partial charge in [0.05, 0.1) is 4.48 Å². The molecule has 0 bridgehead atoms. The van der Waals surface area contributed by atoms with Crippen LogP contribution >= 0.6 is 79.6 Å². The predicted molar refractivity (Wildman–Crippen MR) is 68.8 cm³/mol. The van der Waals surface area contributed by atoms with Crippen LogP contribution in [0.15, 0.2) is 17.9 Å². The molecule has 0 saturated heterocycles. The van der Waals surface area contributed by atoms with Gasteiger partial charge in [-0.3, -0.25) is 0 Å². The van der Waals surface area contributed by atoms with Gasteiger partial charge in [-0.15, -0.1) is 0 Å². The van der Waals surface area contributed by atoms with Crippen molar-refractivity contribution in [3.8, 4) is 0 Å². The molecule has 2 N–H and O–H groups in total. The van der Waals surface area contributed by atoms with Crippen molar-refractivity contribution >= 4 is 79.6 Å². The lowest BCUT2D eigenvalue weighted by atomic mass is 10.1. The van der Waals surface area contributed by atoms with E-state index in [2.05, 4.69) is 79.6 Å². The number of aliphatic hydroxyl groups excluding tert-OH is 1. The summed E-state index contributed by atoms with van der Waals surface area (Å²) < 4.78 is 0.453. The zero-order chi connectivity index (χ0) is 10.4. The molecule has 0 fully saturated rings. The van der Waals surface area contributed by atoms with Crippen molar-refractivity contribution in [1.29, 1.82) is 0 Å². The second-order valence-corrected chi connectivity index (χ2v) is 6.55. The molecule has 13 heavy (non-hydrogen) atoms. The maximum absolute atomic E-state index is 9.78. The van der Waals surface area contributed by atoms with Crippen molar-refractivity contribution in [2.75, 3.05) is 0 Å². The Morgan fingerprint density at radius 2 is 1.38 bits per heavy atom. The van der Waals surface area contributed by atoms with Gasteiger partial charge < -0.3 is 10.2 Å². The van der Waals surface area contributed by atoms with Gasteiger partial charge in [0.1, 0.15) is 0 Å². The molecule has 0 aliphatic heterocycles. The molecule has 1 aliphatic carbocycles. The first-order valence-electron chi connectivity index (χ1n) is 2.89. The van der Waals surface area contributed by atoms with Crippen LogP contribution in [0.2, 0.25) is 0 Å². The molecule has 0 heterocycles. The highest BCUT2D eigenvalue weighted by Gasteiger charge is 2.44. The van der Waals surface area contributed by atoms with Crippen molar-refractivity contribution in [3.63, 3.8) is 0 Å². The fourth-order valence-corrected chi connectivity index (χ4v) is 3.89. The minimum atomic E-state index is -1.58. The molecule has 1 aliphatic rings. The minimum absolute atomic E-state index is 0.213. The summed E-state index contributed by atoms with van der Waals surface area (Å²) in [4.78, 5) is 0. The van der Waals surface area contributed by atoms with E-state index in [1.807, 2.05) is 0 Å². The van der Waals surface area contributed by atoms with E-state index >= 15 is 0 Å². The summed E-state index contributed by atoms with van der Waals surface area (Å²) in [6.45, 7) is 0. The van der Waals surface area contributed by atoms with Gasteiger partial charge in [-0.05, 0) is 47.8 Å². The van der Waals surface area contributed by atoms with Crippen LogP contribution in [-0.4, -0.2) is 14.7 Å². The van der Waals surface area contributed by atoms with E-state index in [1.165, 1.54) is 0 Å². The van der Waals surface area contributed by atoms with E-state index in [4.69, 9.17) is 0 Å². The fourth-order valence-electron chi connectivity index (χ4n) is 0.691. The summed E-state index contributed by atoms with van der Waals surface area (Å²) in [5.74, 6) is 0. The van der Waals surface area contributed by atoms with Crippen LogP contribution in [-0.2, 0) is 0 Å². The normalized spacial score (nSPS) is 31.6. The van der Waals surface area contributed by atoms with E-state index in [-0.39, 0.29) is 6.10 Å². The molecule has 0 aromatic heterocycles. The Hall–Kier alpha value is 1.80. The summed E-state index contributed by atoms with van der Waals surface area (Å²) in [5.41, 5.74) is 0. The smallest absolute Gasteiger partial charge is 0.189 e. The lowest BCUT2D eigenvalue weighted by molar-refractivity contribution is 0.125. The number of hydrogen-bond donors (Lipinski definition) is 2. The summed E-state index contributed by atoms with van der Waals surface area (Å²) in [7, 11) is 0. The number of rotatable bonds is 0. The van der Waals surface area contributed by atoms with Crippen molar-refractivity contribution < 1.29 is 10.2 Å². The van der Waals surface area contributed by atoms with Crippen LogP contribution in [0, 0.1) is 6.10 Å². The Morgan fingerprint density at radius 3 is 1.85 bits per heavy atom. The average Bonchev–Trinajstić information content (AvgIpc) is 2.09. The van der Waals surface area contributed by atoms with Gasteiger partial charge in [0.2, 0.25) is 0 Å². The molecule has 1 radical (unpaired) electrons. The molecular formula is C6H2Br5O2. The lowest BCUT2D eigenvalue weighted by Gasteiger charge is -2.31. The topological polar surface area (TPSA) is 40.5 Å². The standard InChI is InChI=1S/C6H2Br5O2/c7-1-2(8)4(10)6(11,13)5(12)3(1)9/h12-13H. The molecular weight excluding hydrogens is 504 g/mol. The molecule has 0 spiro atoms. The Bertz CT molecular complexity index is 306. The van der Waals surface area contributed by atoms with Crippen LogP contribution in [0.3, 0.4) is 0 Å². The Kier molecular flexibility index (Phi) is 4.31. The van der Waals surface area contributed by atoms with Crippen LogP contribution in [0.1, 0.15) is 0 Å². The van der Waals surface area contributed by atoms with Crippen molar-refractivity contribution in [1.82, 2.24) is 0 Å². The van der Waals surface area contributed by atoms with Gasteiger partial charge >= 0.3 is 0 Å². The second kappa shape index (κ2) is 4.35. The van der Waals surface area contributed by atoms with Crippen LogP contribution in [0.25, 0.3) is 0 Å². The lowest BCUT2D eigenvalue weighted by Crippen LogP contribution is -2.33. The van der Waals surface area contributed by atoms with Crippen molar-refractivity contribution in [2.45, 2.75) is 4.51 Å². The largest absolute Gasteiger partial charge is 0.377 e. The molecule has 0 amide bonds. The third-order valence-electron chi connectivity index (χ3n) is 1.39. The van der Waals surface area contributed by atoms with Gasteiger partial charge in [-0.25, -0.2) is 0 Å². The first-order chi connectivity index (χ1) is 5.80. The van der Waals surface area contributed by atoms with E-state index in [9.17, 15) is 10.2 Å². The molecule has 0 aromatic rings. The van der Waals surface area contributed by atoms with E-state index < -0.39 is 4.51 Å². The second-order valence-electron chi connectivity index (χ2n) is 2.23. The van der Waals surface area contributed by atoms with Gasteiger partial charge in [0.15, 0.2) is 10.6 Å². The molecule has 2 nitrogen and oxygen atoms in total. The van der Waals surface area contributed by atoms with Crippen LogP contribution in [0.5, 0.6) is 0 Å². The number of alkyl halides is 1. The highest BCUT2D eigenvalue weighted by molar-refractivity contribution is 9.17. The highest BCUT2D eigenvalue weighted by Crippen LogP contribution is 2.52. The fraction of sp³-hybridized carbons (Fsp3) is 0.167. The SMILES string of the molecule is O[C]1C(Br)=C(Br)C(Br)=C(Br)C1(O)Br. The maximum atomic E-state index is 9.78. The molecule has 1 atom stereocenters. The highest BCUT2D eigenvalue weighted by atomic mass is 79.9. The first-order valence-corrected chi connectivity index (χ1v) is 6.86. The van der Waals surface area contributed by atoms with Gasteiger partial charge in [0.25, 0.3) is 0 Å². The quantitative estimate of drug-likeness (QED) is 0.489. The predicted octanol–water partition coefficient (Wildman–Crippen LogP) is 3.99. The van der Waals surface area contributed by atoms with E-state index in [0.29, 0.717) is 17.9 Å². The van der Waals surface area contributed by atoms with Crippen molar-refractivity contribution in [2.24, 2.45) is 0 Å². The average molecular weight is 506 g/mol. The van der Waals surface area contributed by atoms with Gasteiger partial charge in [-0.2, -0.15) is 0 Å². The molecule has 0 aromatic carbocycles. The third kappa shape index (κ3) is 2.16. The van der Waals surface area contributed by atoms with Gasteiger partial charge in [0, 0.05) is 13.4 Å². The summed E-state index contributed by atoms with van der Waals surface area (Å²) in [5, 5.41) is 19.3.